The summed E-state index contributed by atoms with van der Waals surface area (Å²) >= 11 is 2.21. The summed E-state index contributed by atoms with van der Waals surface area (Å²) in [5.41, 5.74) is 6.97. The number of anilines is 1. The van der Waals surface area contributed by atoms with Crippen LogP contribution in [0.3, 0.4) is 0 Å². The monoisotopic (exact) mass is 379 g/mol. The Bertz CT molecular complexity index is 400. The van der Waals surface area contributed by atoms with Crippen molar-refractivity contribution in [2.75, 3.05) is 32.7 Å². The molecule has 5 nitrogen and oxygen atoms in total. The van der Waals surface area contributed by atoms with Gasteiger partial charge in [-0.05, 0) is 34.9 Å². The molecule has 0 radical (unpaired) electrons. The van der Waals surface area contributed by atoms with Gasteiger partial charge < -0.3 is 15.2 Å². The molecule has 1 rings (SSSR count). The van der Waals surface area contributed by atoms with Crippen molar-refractivity contribution in [3.8, 4) is 0 Å². The van der Waals surface area contributed by atoms with Gasteiger partial charge in [0.15, 0.2) is 0 Å². The summed E-state index contributed by atoms with van der Waals surface area (Å²) in [6.45, 7) is 6.12. The van der Waals surface area contributed by atoms with Crippen LogP contribution in [0.2, 0.25) is 0 Å². The van der Waals surface area contributed by atoms with Crippen LogP contribution in [0.1, 0.15) is 25.4 Å². The zero-order chi connectivity index (χ0) is 14.3. The van der Waals surface area contributed by atoms with Crippen molar-refractivity contribution in [3.63, 3.8) is 0 Å². The first-order chi connectivity index (χ1) is 9.04. The van der Waals surface area contributed by atoms with Crippen molar-refractivity contribution in [1.29, 1.82) is 0 Å². The van der Waals surface area contributed by atoms with Gasteiger partial charge in [-0.2, -0.15) is 0 Å². The van der Waals surface area contributed by atoms with Gasteiger partial charge in [0.05, 0.1) is 29.1 Å². The van der Waals surface area contributed by atoms with Gasteiger partial charge in [-0.3, -0.25) is 0 Å². The van der Waals surface area contributed by atoms with Crippen molar-refractivity contribution in [2.24, 2.45) is 5.92 Å². The lowest BCUT2D eigenvalue weighted by molar-refractivity contribution is 0.0716. The maximum atomic E-state index is 5.93. The lowest BCUT2D eigenvalue weighted by Gasteiger charge is -2.11. The van der Waals surface area contributed by atoms with Crippen molar-refractivity contribution >= 4 is 28.4 Å². The van der Waals surface area contributed by atoms with Gasteiger partial charge in [0.2, 0.25) is 0 Å². The van der Waals surface area contributed by atoms with E-state index in [0.29, 0.717) is 38.0 Å². The van der Waals surface area contributed by atoms with E-state index in [9.17, 15) is 0 Å². The molecule has 108 valence electrons. The smallest absolute Gasteiger partial charge is 0.140 e. The highest BCUT2D eigenvalue weighted by Gasteiger charge is 2.11. The van der Waals surface area contributed by atoms with E-state index in [1.54, 1.807) is 7.11 Å². The Hall–Kier alpha value is -0.470. The minimum Gasteiger partial charge on any atom is -0.383 e. The molecule has 6 heteroatoms. The molecule has 0 aliphatic carbocycles. The van der Waals surface area contributed by atoms with E-state index >= 15 is 0 Å². The fourth-order valence-corrected chi connectivity index (χ4v) is 2.07. The molecule has 1 heterocycles. The highest BCUT2D eigenvalue weighted by molar-refractivity contribution is 14.1. The lowest BCUT2D eigenvalue weighted by atomic mass is 10.1. The predicted molar refractivity (Wildman–Crippen MR) is 84.1 cm³/mol. The molecular formula is C13H22IN3O2. The average molecular weight is 379 g/mol. The van der Waals surface area contributed by atoms with E-state index in [0.717, 1.165) is 21.5 Å². The Morgan fingerprint density at radius 3 is 2.58 bits per heavy atom. The van der Waals surface area contributed by atoms with Crippen LogP contribution < -0.4 is 5.73 Å². The van der Waals surface area contributed by atoms with Crippen LogP contribution in [0.15, 0.2) is 0 Å². The molecule has 0 fully saturated rings. The Kier molecular flexibility index (Phi) is 7.55. The second-order valence-electron chi connectivity index (χ2n) is 4.74. The van der Waals surface area contributed by atoms with E-state index in [2.05, 4.69) is 46.4 Å². The summed E-state index contributed by atoms with van der Waals surface area (Å²) in [6, 6.07) is 0. The summed E-state index contributed by atoms with van der Waals surface area (Å²) in [4.78, 5) is 8.89. The summed E-state index contributed by atoms with van der Waals surface area (Å²) in [5.74, 6) is 1.87. The van der Waals surface area contributed by atoms with Gasteiger partial charge in [0, 0.05) is 13.5 Å². The largest absolute Gasteiger partial charge is 0.383 e. The maximum absolute atomic E-state index is 5.93. The fraction of sp³-hybridized carbons (Fsp3) is 0.692. The fourth-order valence-electron chi connectivity index (χ4n) is 1.61. The molecular weight excluding hydrogens is 357 g/mol. The second kappa shape index (κ2) is 8.65. The summed E-state index contributed by atoms with van der Waals surface area (Å²) in [7, 11) is 1.66. The van der Waals surface area contributed by atoms with Crippen molar-refractivity contribution < 1.29 is 9.47 Å². The minimum atomic E-state index is 0.550. The Morgan fingerprint density at radius 1 is 1.21 bits per heavy atom. The highest BCUT2D eigenvalue weighted by atomic mass is 127. The SMILES string of the molecule is COCCOCCc1nc(N)c(I)c(CC(C)C)n1. The topological polar surface area (TPSA) is 70.3 Å². The van der Waals surface area contributed by atoms with Crippen LogP contribution in [-0.4, -0.2) is 36.9 Å². The van der Waals surface area contributed by atoms with Crippen LogP contribution >= 0.6 is 22.6 Å². The Balaban J connectivity index is 2.61. The van der Waals surface area contributed by atoms with Crippen LogP contribution in [0, 0.1) is 9.49 Å². The molecule has 0 amide bonds. The first-order valence-corrected chi connectivity index (χ1v) is 7.50. The number of nitrogens with zero attached hydrogens (tertiary/aromatic N) is 2. The van der Waals surface area contributed by atoms with Gasteiger partial charge in [0.1, 0.15) is 11.6 Å². The molecule has 0 saturated heterocycles. The number of nitrogens with two attached hydrogens (primary N) is 1. The number of ether oxygens (including phenoxy) is 2. The van der Waals surface area contributed by atoms with Crippen LogP contribution in [-0.2, 0) is 22.3 Å². The van der Waals surface area contributed by atoms with E-state index in [4.69, 9.17) is 15.2 Å². The lowest BCUT2D eigenvalue weighted by Crippen LogP contribution is -2.12. The number of hydrogen-bond acceptors (Lipinski definition) is 5. The normalized spacial score (nSPS) is 11.2. The number of halogens is 1. The predicted octanol–water partition coefficient (Wildman–Crippen LogP) is 2.07. The van der Waals surface area contributed by atoms with E-state index in [-0.39, 0.29) is 0 Å². The first-order valence-electron chi connectivity index (χ1n) is 6.42. The molecule has 0 aromatic carbocycles. The molecule has 0 aliphatic heterocycles. The molecule has 0 bridgehead atoms. The first kappa shape index (κ1) is 16.6. The number of methoxy groups -OCH3 is 1. The third-order valence-electron chi connectivity index (χ3n) is 2.50. The molecule has 19 heavy (non-hydrogen) atoms. The van der Waals surface area contributed by atoms with E-state index in [1.165, 1.54) is 0 Å². The van der Waals surface area contributed by atoms with Gasteiger partial charge >= 0.3 is 0 Å². The number of hydrogen-bond donors (Lipinski definition) is 1. The van der Waals surface area contributed by atoms with E-state index < -0.39 is 0 Å². The van der Waals surface area contributed by atoms with Gasteiger partial charge in [-0.1, -0.05) is 13.8 Å². The molecule has 1 aromatic rings. The number of rotatable bonds is 8. The Labute approximate surface area is 128 Å². The molecule has 0 saturated carbocycles. The van der Waals surface area contributed by atoms with Crippen molar-refractivity contribution in [2.45, 2.75) is 26.7 Å². The zero-order valence-corrected chi connectivity index (χ0v) is 13.9. The molecule has 0 unspecified atom stereocenters. The standard InChI is InChI=1S/C13H22IN3O2/c1-9(2)8-10-12(14)13(15)17-11(16-10)4-5-19-7-6-18-3/h9H,4-8H2,1-3H3,(H2,15,16,17). The minimum absolute atomic E-state index is 0.550. The zero-order valence-electron chi connectivity index (χ0n) is 11.8. The molecule has 0 spiro atoms. The summed E-state index contributed by atoms with van der Waals surface area (Å²) in [5, 5.41) is 0. The molecule has 0 atom stereocenters. The molecule has 2 N–H and O–H groups in total. The number of aromatic nitrogens is 2. The van der Waals surface area contributed by atoms with Gasteiger partial charge in [-0.25, -0.2) is 9.97 Å². The second-order valence-corrected chi connectivity index (χ2v) is 5.82. The van der Waals surface area contributed by atoms with Crippen LogP contribution in [0.4, 0.5) is 5.82 Å². The van der Waals surface area contributed by atoms with Gasteiger partial charge in [0.25, 0.3) is 0 Å². The average Bonchev–Trinajstić information content (AvgIpc) is 2.34. The maximum Gasteiger partial charge on any atom is 0.140 e. The summed E-state index contributed by atoms with van der Waals surface area (Å²) < 4.78 is 11.3. The third-order valence-corrected chi connectivity index (χ3v) is 3.67. The van der Waals surface area contributed by atoms with Crippen LogP contribution in [0.25, 0.3) is 0 Å². The summed E-state index contributed by atoms with van der Waals surface area (Å²) in [6.07, 6.45) is 1.60. The van der Waals surface area contributed by atoms with Gasteiger partial charge in [-0.15, -0.1) is 0 Å². The third kappa shape index (κ3) is 6.01. The highest BCUT2D eigenvalue weighted by Crippen LogP contribution is 2.19. The quantitative estimate of drug-likeness (QED) is 0.553. The number of nitrogen functional groups attached to an aromatic ring is 1. The molecule has 0 aliphatic rings. The molecule has 1 aromatic heterocycles. The van der Waals surface area contributed by atoms with E-state index in [1.807, 2.05) is 0 Å². The Morgan fingerprint density at radius 2 is 1.95 bits per heavy atom. The van der Waals surface area contributed by atoms with Crippen LogP contribution in [0.5, 0.6) is 0 Å². The van der Waals surface area contributed by atoms with Crippen molar-refractivity contribution in [1.82, 2.24) is 9.97 Å². The van der Waals surface area contributed by atoms with Crippen molar-refractivity contribution in [3.05, 3.63) is 15.1 Å².